The van der Waals surface area contributed by atoms with Crippen LogP contribution in [0.4, 0.5) is 0 Å². The first-order valence-corrected chi connectivity index (χ1v) is 16.9. The van der Waals surface area contributed by atoms with Crippen LogP contribution in [-0.4, -0.2) is 15.0 Å². The van der Waals surface area contributed by atoms with Crippen molar-refractivity contribution in [3.63, 3.8) is 0 Å². The summed E-state index contributed by atoms with van der Waals surface area (Å²) in [5.74, 6) is 1.88. The van der Waals surface area contributed by atoms with Crippen LogP contribution < -0.4 is 0 Å². The number of para-hydroxylation sites is 1. The van der Waals surface area contributed by atoms with Gasteiger partial charge in [0.1, 0.15) is 11.2 Å². The molecule has 2 aromatic heterocycles. The van der Waals surface area contributed by atoms with Crippen LogP contribution in [0.1, 0.15) is 38.8 Å². The molecule has 0 saturated heterocycles. The molecule has 6 aromatic carbocycles. The summed E-state index contributed by atoms with van der Waals surface area (Å²) in [6.07, 6.45) is 0. The number of aromatic nitrogens is 3. The van der Waals surface area contributed by atoms with Crippen LogP contribution >= 0.6 is 0 Å². The molecule has 8 aromatic rings. The van der Waals surface area contributed by atoms with E-state index in [0.717, 1.165) is 38.6 Å². The first kappa shape index (κ1) is 29.3. The Morgan fingerprint density at radius 3 is 1.51 bits per heavy atom. The number of fused-ring (bicyclic) bond motifs is 6. The smallest absolute Gasteiger partial charge is 0.164 e. The van der Waals surface area contributed by atoms with Gasteiger partial charge in [0.05, 0.1) is 0 Å². The minimum atomic E-state index is -0.108. The predicted octanol–water partition coefficient (Wildman–Crippen LogP) is 11.7. The van der Waals surface area contributed by atoms with E-state index >= 15 is 0 Å². The van der Waals surface area contributed by atoms with Crippen LogP contribution in [-0.2, 0) is 10.8 Å². The second-order valence-electron chi connectivity index (χ2n) is 14.1. The molecule has 0 saturated carbocycles. The van der Waals surface area contributed by atoms with Crippen molar-refractivity contribution in [2.75, 3.05) is 0 Å². The van der Waals surface area contributed by atoms with E-state index in [0.29, 0.717) is 17.5 Å². The molecule has 0 spiro atoms. The molecule has 0 radical (unpaired) electrons. The van der Waals surface area contributed by atoms with Crippen LogP contribution in [0, 0.1) is 0 Å². The lowest BCUT2D eigenvalue weighted by atomic mass is 9.55. The number of furan rings is 1. The third-order valence-electron chi connectivity index (χ3n) is 10.9. The van der Waals surface area contributed by atoms with Crippen molar-refractivity contribution < 1.29 is 4.42 Å². The average molecular weight is 634 g/mol. The first-order chi connectivity index (χ1) is 23.8. The van der Waals surface area contributed by atoms with E-state index in [1.165, 1.54) is 33.4 Å². The Bertz CT molecular complexity index is 2550. The molecule has 1 aliphatic carbocycles. The summed E-state index contributed by atoms with van der Waals surface area (Å²) in [6.45, 7) is 9.47. The first-order valence-electron chi connectivity index (χ1n) is 16.9. The van der Waals surface area contributed by atoms with E-state index in [1.807, 2.05) is 54.6 Å². The molecule has 0 aliphatic heterocycles. The molecular formula is C45H35N3O. The van der Waals surface area contributed by atoms with Gasteiger partial charge < -0.3 is 4.42 Å². The summed E-state index contributed by atoms with van der Waals surface area (Å²) in [6, 6.07) is 48.8. The summed E-state index contributed by atoms with van der Waals surface area (Å²) in [4.78, 5) is 15.2. The monoisotopic (exact) mass is 633 g/mol. The molecule has 49 heavy (non-hydrogen) atoms. The summed E-state index contributed by atoms with van der Waals surface area (Å²) in [7, 11) is 0. The van der Waals surface area contributed by atoms with Crippen molar-refractivity contribution in [2.45, 2.75) is 38.5 Å². The topological polar surface area (TPSA) is 51.8 Å². The number of hydrogen-bond acceptors (Lipinski definition) is 4. The molecule has 1 aliphatic rings. The third kappa shape index (κ3) is 4.62. The van der Waals surface area contributed by atoms with E-state index in [4.69, 9.17) is 19.4 Å². The van der Waals surface area contributed by atoms with Crippen molar-refractivity contribution in [3.05, 3.63) is 151 Å². The third-order valence-corrected chi connectivity index (χ3v) is 10.9. The fourth-order valence-electron chi connectivity index (χ4n) is 7.46. The van der Waals surface area contributed by atoms with Gasteiger partial charge in [0.15, 0.2) is 17.5 Å². The lowest BCUT2D eigenvalue weighted by Crippen LogP contribution is -2.43. The summed E-state index contributed by atoms with van der Waals surface area (Å²) in [5, 5.41) is 2.17. The van der Waals surface area contributed by atoms with Crippen LogP contribution in [0.25, 0.3) is 78.4 Å². The second kappa shape index (κ2) is 10.8. The summed E-state index contributed by atoms with van der Waals surface area (Å²) < 4.78 is 6.25. The van der Waals surface area contributed by atoms with Gasteiger partial charge in [0.2, 0.25) is 0 Å². The maximum Gasteiger partial charge on any atom is 0.164 e. The average Bonchev–Trinajstić information content (AvgIpc) is 3.52. The molecular weight excluding hydrogens is 599 g/mol. The highest BCUT2D eigenvalue weighted by Crippen LogP contribution is 2.55. The zero-order valence-corrected chi connectivity index (χ0v) is 28.0. The highest BCUT2D eigenvalue weighted by molar-refractivity contribution is 6.05. The second-order valence-corrected chi connectivity index (χ2v) is 14.1. The molecule has 9 rings (SSSR count). The van der Waals surface area contributed by atoms with Gasteiger partial charge in [-0.2, -0.15) is 0 Å². The van der Waals surface area contributed by atoms with E-state index < -0.39 is 0 Å². The van der Waals surface area contributed by atoms with Gasteiger partial charge in [0, 0.05) is 27.5 Å². The van der Waals surface area contributed by atoms with Gasteiger partial charge in [-0.15, -0.1) is 0 Å². The fourth-order valence-corrected chi connectivity index (χ4v) is 7.46. The fraction of sp³-hybridized carbons (Fsp3) is 0.133. The highest BCUT2D eigenvalue weighted by atomic mass is 16.3. The van der Waals surface area contributed by atoms with Crippen molar-refractivity contribution in [1.29, 1.82) is 0 Å². The van der Waals surface area contributed by atoms with Gasteiger partial charge in [0.25, 0.3) is 0 Å². The van der Waals surface area contributed by atoms with Gasteiger partial charge >= 0.3 is 0 Å². The zero-order valence-electron chi connectivity index (χ0n) is 28.0. The van der Waals surface area contributed by atoms with Crippen molar-refractivity contribution in [2.24, 2.45) is 0 Å². The van der Waals surface area contributed by atoms with Gasteiger partial charge in [-0.05, 0) is 74.5 Å². The molecule has 0 fully saturated rings. The molecule has 4 heteroatoms. The Hall–Kier alpha value is -5.87. The molecule has 0 bridgehead atoms. The summed E-state index contributed by atoms with van der Waals surface area (Å²) in [5.41, 5.74) is 11.8. The quantitative estimate of drug-likeness (QED) is 0.193. The molecule has 2 heterocycles. The Morgan fingerprint density at radius 2 is 0.857 bits per heavy atom. The van der Waals surface area contributed by atoms with Crippen molar-refractivity contribution in [3.8, 4) is 56.4 Å². The van der Waals surface area contributed by atoms with Crippen LogP contribution in [0.3, 0.4) is 0 Å². The number of rotatable bonds is 4. The van der Waals surface area contributed by atoms with Gasteiger partial charge in [-0.1, -0.05) is 137 Å². The lowest BCUT2D eigenvalue weighted by molar-refractivity contribution is 0.299. The van der Waals surface area contributed by atoms with Crippen LogP contribution in [0.2, 0.25) is 0 Å². The van der Waals surface area contributed by atoms with Crippen molar-refractivity contribution in [1.82, 2.24) is 15.0 Å². The van der Waals surface area contributed by atoms with E-state index in [1.54, 1.807) is 0 Å². The van der Waals surface area contributed by atoms with E-state index in [2.05, 4.69) is 113 Å². The predicted molar refractivity (Wildman–Crippen MR) is 200 cm³/mol. The summed E-state index contributed by atoms with van der Waals surface area (Å²) >= 11 is 0. The molecule has 0 amide bonds. The van der Waals surface area contributed by atoms with Crippen LogP contribution in [0.15, 0.2) is 144 Å². The number of benzene rings is 6. The van der Waals surface area contributed by atoms with E-state index in [9.17, 15) is 0 Å². The Labute approximate surface area is 286 Å². The minimum Gasteiger partial charge on any atom is -0.456 e. The van der Waals surface area contributed by atoms with Crippen LogP contribution in [0.5, 0.6) is 0 Å². The minimum absolute atomic E-state index is 0.0812. The molecule has 0 N–H and O–H groups in total. The Morgan fingerprint density at radius 1 is 0.388 bits per heavy atom. The lowest BCUT2D eigenvalue weighted by Gasteiger charge is -2.48. The molecule has 4 nitrogen and oxygen atoms in total. The maximum absolute atomic E-state index is 6.25. The maximum atomic E-state index is 6.25. The highest BCUT2D eigenvalue weighted by Gasteiger charge is 2.46. The normalized spacial score (nSPS) is 14.4. The standard InChI is InChI=1S/C45H35N3O/c1-44(2)37-23-20-30(28-13-7-5-8-14-28)25-35(37)36-26-31(21-24-38(36)45(44,3)4)42-46-41(29-15-9-6-10-16-29)47-43(48-42)32-19-22-34-33-17-11-12-18-39(33)49-40(34)27-32/h5-27H,1-4H3. The number of hydrogen-bond donors (Lipinski definition) is 0. The zero-order chi connectivity index (χ0) is 33.3. The largest absolute Gasteiger partial charge is 0.456 e. The molecule has 236 valence electrons. The van der Waals surface area contributed by atoms with Gasteiger partial charge in [-0.25, -0.2) is 15.0 Å². The van der Waals surface area contributed by atoms with E-state index in [-0.39, 0.29) is 10.8 Å². The van der Waals surface area contributed by atoms with Crippen molar-refractivity contribution >= 4 is 21.9 Å². The van der Waals surface area contributed by atoms with Gasteiger partial charge in [-0.3, -0.25) is 0 Å². The Balaban J connectivity index is 1.24. The molecule has 0 atom stereocenters. The molecule has 0 unspecified atom stereocenters. The SMILES string of the molecule is CC1(C)c2ccc(-c3ccccc3)cc2-c2cc(-c3nc(-c4ccccc4)nc(-c4ccc5c(c4)oc4ccccc45)n3)ccc2C1(C)C. The number of nitrogens with zero attached hydrogens (tertiary/aromatic N) is 3. The Kier molecular flexibility index (Phi) is 6.47.